The Morgan fingerprint density at radius 3 is 1.67 bits per heavy atom. The fraction of sp³-hybridized carbons (Fsp3) is 0.952. The third-order valence-electron chi connectivity index (χ3n) is 5.12. The highest BCUT2D eigenvalue weighted by Gasteiger charge is 2.22. The topological polar surface area (TPSA) is 35.5 Å². The number of unbranched alkanes of at least 4 members (excludes halogenated alkanes) is 10. The highest BCUT2D eigenvalue weighted by Crippen LogP contribution is 2.26. The van der Waals surface area contributed by atoms with Crippen LogP contribution in [0.25, 0.3) is 0 Å². The lowest BCUT2D eigenvalue weighted by Gasteiger charge is -2.28. The monoisotopic (exact) mass is 342 g/mol. The van der Waals surface area contributed by atoms with Gasteiger partial charge in [-0.05, 0) is 26.2 Å². The molecule has 24 heavy (non-hydrogen) atoms. The number of ether oxygens (including phenoxy) is 2. The van der Waals surface area contributed by atoms with E-state index < -0.39 is 0 Å². The summed E-state index contributed by atoms with van der Waals surface area (Å²) in [5.74, 6) is -0.0828. The van der Waals surface area contributed by atoms with Crippen molar-refractivity contribution in [3.63, 3.8) is 0 Å². The Balaban J connectivity index is 3.56. The second-order valence-corrected chi connectivity index (χ2v) is 7.37. The van der Waals surface area contributed by atoms with Crippen molar-refractivity contribution in [2.45, 2.75) is 116 Å². The smallest absolute Gasteiger partial charge is 0.305 e. The van der Waals surface area contributed by atoms with Gasteiger partial charge in [0, 0.05) is 13.5 Å². The van der Waals surface area contributed by atoms with Crippen LogP contribution in [0, 0.1) is 0 Å². The van der Waals surface area contributed by atoms with Gasteiger partial charge in [0.05, 0.1) is 12.7 Å². The van der Waals surface area contributed by atoms with Crippen LogP contribution < -0.4 is 0 Å². The molecule has 0 aromatic heterocycles. The van der Waals surface area contributed by atoms with Gasteiger partial charge in [-0.25, -0.2) is 0 Å². The summed E-state index contributed by atoms with van der Waals surface area (Å²) in [6.07, 6.45) is 18.1. The highest BCUT2D eigenvalue weighted by molar-refractivity contribution is 5.68. The van der Waals surface area contributed by atoms with E-state index in [0.29, 0.717) is 6.42 Å². The van der Waals surface area contributed by atoms with E-state index in [4.69, 9.17) is 4.74 Å². The summed E-state index contributed by atoms with van der Waals surface area (Å²) in [5, 5.41) is 0. The maximum atomic E-state index is 11.0. The van der Waals surface area contributed by atoms with Crippen molar-refractivity contribution in [3.8, 4) is 0 Å². The minimum Gasteiger partial charge on any atom is -0.469 e. The average Bonchev–Trinajstić information content (AvgIpc) is 2.60. The molecule has 0 spiro atoms. The molecule has 0 N–H and O–H groups in total. The van der Waals surface area contributed by atoms with Crippen LogP contribution in [0.15, 0.2) is 0 Å². The number of carbonyl (C=O) groups is 1. The van der Waals surface area contributed by atoms with E-state index in [1.165, 1.54) is 84.2 Å². The summed E-state index contributed by atoms with van der Waals surface area (Å²) in [6.45, 7) is 4.54. The first kappa shape index (κ1) is 23.4. The van der Waals surface area contributed by atoms with Gasteiger partial charge in [-0.3, -0.25) is 4.79 Å². The van der Waals surface area contributed by atoms with Crippen molar-refractivity contribution in [1.82, 2.24) is 0 Å². The van der Waals surface area contributed by atoms with Gasteiger partial charge in [-0.15, -0.1) is 0 Å². The summed E-state index contributed by atoms with van der Waals surface area (Å²) in [5.41, 5.74) is 0.0651. The molecule has 0 aromatic carbocycles. The van der Waals surface area contributed by atoms with Gasteiger partial charge in [0.2, 0.25) is 0 Å². The van der Waals surface area contributed by atoms with E-state index in [1.807, 2.05) is 7.11 Å². The Labute approximate surface area is 150 Å². The standard InChI is InChI=1S/C21H42O3/c1-5-6-7-8-12-15-18-21(2,24-4)19-16-13-10-9-11-14-17-20(22)23-3/h5-19H2,1-4H3. The fourth-order valence-electron chi connectivity index (χ4n) is 3.19. The number of rotatable bonds is 17. The molecule has 0 amide bonds. The first-order chi connectivity index (χ1) is 11.6. The largest absolute Gasteiger partial charge is 0.469 e. The number of hydrogen-bond donors (Lipinski definition) is 0. The summed E-state index contributed by atoms with van der Waals surface area (Å²) in [4.78, 5) is 11.0. The van der Waals surface area contributed by atoms with Crippen molar-refractivity contribution in [2.75, 3.05) is 14.2 Å². The number of esters is 1. The van der Waals surface area contributed by atoms with Crippen LogP contribution in [0.5, 0.6) is 0 Å². The van der Waals surface area contributed by atoms with Crippen LogP contribution in [0.1, 0.15) is 110 Å². The van der Waals surface area contributed by atoms with E-state index in [1.54, 1.807) is 0 Å². The third kappa shape index (κ3) is 13.8. The molecule has 0 aromatic rings. The molecule has 1 atom stereocenters. The van der Waals surface area contributed by atoms with E-state index in [9.17, 15) is 4.79 Å². The average molecular weight is 343 g/mol. The van der Waals surface area contributed by atoms with Crippen LogP contribution in [0.4, 0.5) is 0 Å². The van der Waals surface area contributed by atoms with Crippen molar-refractivity contribution in [2.24, 2.45) is 0 Å². The summed E-state index contributed by atoms with van der Waals surface area (Å²) >= 11 is 0. The van der Waals surface area contributed by atoms with E-state index in [-0.39, 0.29) is 11.6 Å². The predicted octanol–water partition coefficient (Wildman–Crippen LogP) is 6.44. The molecule has 0 fully saturated rings. The Morgan fingerprint density at radius 2 is 1.21 bits per heavy atom. The van der Waals surface area contributed by atoms with E-state index in [0.717, 1.165) is 12.8 Å². The maximum absolute atomic E-state index is 11.0. The van der Waals surface area contributed by atoms with Gasteiger partial charge in [0.25, 0.3) is 0 Å². The Kier molecular flexibility index (Phi) is 15.6. The Bertz CT molecular complexity index is 291. The second-order valence-electron chi connectivity index (χ2n) is 7.37. The van der Waals surface area contributed by atoms with Crippen LogP contribution >= 0.6 is 0 Å². The molecule has 0 saturated heterocycles. The summed E-state index contributed by atoms with van der Waals surface area (Å²) in [7, 11) is 3.32. The zero-order valence-electron chi connectivity index (χ0n) is 16.8. The maximum Gasteiger partial charge on any atom is 0.305 e. The normalized spacial score (nSPS) is 13.7. The summed E-state index contributed by atoms with van der Waals surface area (Å²) < 4.78 is 10.4. The lowest BCUT2D eigenvalue weighted by atomic mass is 9.91. The van der Waals surface area contributed by atoms with Crippen molar-refractivity contribution >= 4 is 5.97 Å². The lowest BCUT2D eigenvalue weighted by Crippen LogP contribution is -2.27. The van der Waals surface area contributed by atoms with Crippen LogP contribution in [0.3, 0.4) is 0 Å². The van der Waals surface area contributed by atoms with Gasteiger partial charge < -0.3 is 9.47 Å². The lowest BCUT2D eigenvalue weighted by molar-refractivity contribution is -0.140. The molecular weight excluding hydrogens is 300 g/mol. The van der Waals surface area contributed by atoms with Gasteiger partial charge in [0.15, 0.2) is 0 Å². The Hall–Kier alpha value is -0.570. The molecule has 0 aliphatic rings. The molecule has 0 rings (SSSR count). The van der Waals surface area contributed by atoms with Gasteiger partial charge in [-0.1, -0.05) is 77.6 Å². The molecule has 3 heteroatoms. The molecule has 0 radical (unpaired) electrons. The number of hydrogen-bond acceptors (Lipinski definition) is 3. The van der Waals surface area contributed by atoms with Crippen molar-refractivity contribution in [1.29, 1.82) is 0 Å². The molecule has 0 heterocycles. The van der Waals surface area contributed by atoms with Crippen LogP contribution in [-0.4, -0.2) is 25.8 Å². The number of methoxy groups -OCH3 is 2. The third-order valence-corrected chi connectivity index (χ3v) is 5.12. The van der Waals surface area contributed by atoms with Gasteiger partial charge >= 0.3 is 5.97 Å². The zero-order valence-corrected chi connectivity index (χ0v) is 16.8. The predicted molar refractivity (Wildman–Crippen MR) is 102 cm³/mol. The van der Waals surface area contributed by atoms with E-state index >= 15 is 0 Å². The molecule has 3 nitrogen and oxygen atoms in total. The first-order valence-electron chi connectivity index (χ1n) is 10.2. The molecule has 0 saturated carbocycles. The summed E-state index contributed by atoms with van der Waals surface area (Å²) in [6, 6.07) is 0. The van der Waals surface area contributed by atoms with Gasteiger partial charge in [0.1, 0.15) is 0 Å². The van der Waals surface area contributed by atoms with Crippen LogP contribution in [-0.2, 0) is 14.3 Å². The first-order valence-corrected chi connectivity index (χ1v) is 10.2. The minimum atomic E-state index is -0.0828. The number of carbonyl (C=O) groups excluding carboxylic acids is 1. The second kappa shape index (κ2) is 15.9. The van der Waals surface area contributed by atoms with Crippen LogP contribution in [0.2, 0.25) is 0 Å². The molecular formula is C21H42O3. The SMILES string of the molecule is CCCCCCCCC(C)(CCCCCCCCC(=O)OC)OC. The van der Waals surface area contributed by atoms with Gasteiger partial charge in [-0.2, -0.15) is 0 Å². The van der Waals surface area contributed by atoms with E-state index in [2.05, 4.69) is 18.6 Å². The quantitative estimate of drug-likeness (QED) is 0.225. The zero-order chi connectivity index (χ0) is 18.1. The molecule has 144 valence electrons. The molecule has 1 unspecified atom stereocenters. The van der Waals surface area contributed by atoms with Crippen molar-refractivity contribution in [3.05, 3.63) is 0 Å². The minimum absolute atomic E-state index is 0.0651. The molecule has 0 aliphatic carbocycles. The fourth-order valence-corrected chi connectivity index (χ4v) is 3.19. The molecule has 0 bridgehead atoms. The highest BCUT2D eigenvalue weighted by atomic mass is 16.5. The molecule has 0 aliphatic heterocycles. The van der Waals surface area contributed by atoms with Crippen molar-refractivity contribution < 1.29 is 14.3 Å². The Morgan fingerprint density at radius 1 is 0.750 bits per heavy atom.